The quantitative estimate of drug-likeness (QED) is 0.262. The molecule has 1 aliphatic heterocycles. The molecule has 160 valence electrons. The van der Waals surface area contributed by atoms with Crippen molar-refractivity contribution in [2.45, 2.75) is 13.0 Å². The third kappa shape index (κ3) is 4.31. The number of carbonyl (C=O) groups is 2. The summed E-state index contributed by atoms with van der Waals surface area (Å²) >= 11 is 5.48. The maximum Gasteiger partial charge on any atom is 0.343 e. The molecular weight excluding hydrogens is 420 g/mol. The Hall–Kier alpha value is -3.77. The number of hydrogen-bond acceptors (Lipinski definition) is 4. The molecule has 4 rings (SSSR count). The topological polar surface area (TPSA) is 58.6 Å². The second kappa shape index (κ2) is 9.16. The van der Waals surface area contributed by atoms with Gasteiger partial charge in [-0.25, -0.2) is 4.79 Å². The number of nitrogens with zero attached hydrogens (tertiary/aromatic N) is 1. The van der Waals surface area contributed by atoms with Gasteiger partial charge in [-0.15, -0.1) is 0 Å². The molecule has 0 aromatic heterocycles. The standard InChI is InChI=1S/C26H22N2O3S/c1-17-22(24(29)19-9-5-3-6-10-19)23(27-26(32)28(17)2)18-13-15-21(16-14-18)31-25(30)20-11-7-4-8-12-20/h3-16,23H,1-2H3,(H,27,32). The molecule has 1 aliphatic rings. The predicted molar refractivity (Wildman–Crippen MR) is 128 cm³/mol. The largest absolute Gasteiger partial charge is 0.423 e. The summed E-state index contributed by atoms with van der Waals surface area (Å²) < 4.78 is 5.47. The average Bonchev–Trinajstić information content (AvgIpc) is 2.83. The van der Waals surface area contributed by atoms with Crippen LogP contribution >= 0.6 is 12.2 Å². The third-order valence-electron chi connectivity index (χ3n) is 5.47. The number of benzene rings is 3. The summed E-state index contributed by atoms with van der Waals surface area (Å²) in [4.78, 5) is 27.5. The minimum absolute atomic E-state index is 0.0606. The van der Waals surface area contributed by atoms with E-state index in [2.05, 4.69) is 5.32 Å². The van der Waals surface area contributed by atoms with Crippen molar-refractivity contribution in [1.82, 2.24) is 10.2 Å². The Balaban J connectivity index is 1.62. The van der Waals surface area contributed by atoms with Crippen LogP contribution in [0.3, 0.4) is 0 Å². The van der Waals surface area contributed by atoms with E-state index in [1.54, 1.807) is 53.4 Å². The molecule has 0 spiro atoms. The molecule has 1 N–H and O–H groups in total. The van der Waals surface area contributed by atoms with E-state index in [1.165, 1.54) is 0 Å². The zero-order chi connectivity index (χ0) is 22.7. The van der Waals surface area contributed by atoms with Crippen molar-refractivity contribution in [3.05, 3.63) is 113 Å². The number of Topliss-reactive ketones (excluding diaryl/α,β-unsaturated/α-hetero) is 1. The van der Waals surface area contributed by atoms with Crippen molar-refractivity contribution in [1.29, 1.82) is 0 Å². The fourth-order valence-corrected chi connectivity index (χ4v) is 3.85. The minimum atomic E-state index is -0.423. The maximum atomic E-state index is 13.4. The number of nitrogens with one attached hydrogen (secondary N) is 1. The first-order valence-electron chi connectivity index (χ1n) is 10.2. The summed E-state index contributed by atoms with van der Waals surface area (Å²) in [7, 11) is 1.84. The Labute approximate surface area is 192 Å². The van der Waals surface area contributed by atoms with Gasteiger partial charge in [0.25, 0.3) is 0 Å². The Kier molecular flexibility index (Phi) is 6.14. The number of allylic oxidation sites excluding steroid dienone is 1. The van der Waals surface area contributed by atoms with Gasteiger partial charge >= 0.3 is 5.97 Å². The van der Waals surface area contributed by atoms with E-state index < -0.39 is 12.0 Å². The summed E-state index contributed by atoms with van der Waals surface area (Å²) in [6.07, 6.45) is 0. The van der Waals surface area contributed by atoms with Crippen molar-refractivity contribution >= 4 is 29.1 Å². The number of esters is 1. The lowest BCUT2D eigenvalue weighted by Gasteiger charge is -2.36. The van der Waals surface area contributed by atoms with E-state index in [0.717, 1.165) is 11.3 Å². The lowest BCUT2D eigenvalue weighted by molar-refractivity contribution is 0.0734. The summed E-state index contributed by atoms with van der Waals surface area (Å²) in [5, 5.41) is 3.81. The summed E-state index contributed by atoms with van der Waals surface area (Å²) in [5.41, 5.74) is 3.36. The predicted octanol–water partition coefficient (Wildman–Crippen LogP) is 4.92. The number of thiocarbonyl (C=S) groups is 1. The van der Waals surface area contributed by atoms with Gasteiger partial charge in [0, 0.05) is 23.9 Å². The smallest absolute Gasteiger partial charge is 0.343 e. The van der Waals surface area contributed by atoms with Crippen molar-refractivity contribution in [2.75, 3.05) is 7.05 Å². The van der Waals surface area contributed by atoms with Crippen LogP contribution in [-0.2, 0) is 0 Å². The first kappa shape index (κ1) is 21.5. The molecule has 0 saturated carbocycles. The van der Waals surface area contributed by atoms with Crippen molar-refractivity contribution < 1.29 is 14.3 Å². The number of hydrogen-bond donors (Lipinski definition) is 1. The molecule has 0 saturated heterocycles. The highest BCUT2D eigenvalue weighted by Crippen LogP contribution is 2.33. The first-order valence-corrected chi connectivity index (χ1v) is 10.6. The van der Waals surface area contributed by atoms with Crippen LogP contribution in [0.15, 0.2) is 96.2 Å². The number of rotatable bonds is 5. The molecule has 3 aromatic carbocycles. The molecule has 0 aliphatic carbocycles. The van der Waals surface area contributed by atoms with E-state index in [0.29, 0.717) is 27.6 Å². The fourth-order valence-electron chi connectivity index (χ4n) is 3.59. The SMILES string of the molecule is CC1=C(C(=O)c2ccccc2)C(c2ccc(OC(=O)c3ccccc3)cc2)NC(=S)N1C. The monoisotopic (exact) mass is 442 g/mol. The molecule has 0 amide bonds. The second-order valence-corrected chi connectivity index (χ2v) is 7.85. The second-order valence-electron chi connectivity index (χ2n) is 7.46. The molecule has 5 nitrogen and oxygen atoms in total. The summed E-state index contributed by atoms with van der Waals surface area (Å²) in [5.74, 6) is -0.0584. The van der Waals surface area contributed by atoms with Crippen molar-refractivity contribution in [3.63, 3.8) is 0 Å². The zero-order valence-corrected chi connectivity index (χ0v) is 18.6. The molecule has 1 heterocycles. The normalized spacial score (nSPS) is 15.9. The Morgan fingerprint density at radius 2 is 1.44 bits per heavy atom. The van der Waals surface area contributed by atoms with E-state index in [-0.39, 0.29) is 5.78 Å². The van der Waals surface area contributed by atoms with Gasteiger partial charge in [0.2, 0.25) is 0 Å². The number of ketones is 1. The van der Waals surface area contributed by atoms with E-state index in [9.17, 15) is 9.59 Å². The fraction of sp³-hybridized carbons (Fsp3) is 0.115. The van der Waals surface area contributed by atoms with Crippen molar-refractivity contribution in [3.8, 4) is 5.75 Å². The van der Waals surface area contributed by atoms with E-state index in [1.807, 2.05) is 50.4 Å². The van der Waals surface area contributed by atoms with Gasteiger partial charge in [-0.3, -0.25) is 4.79 Å². The Bertz CT molecular complexity index is 1190. The molecule has 0 bridgehead atoms. The molecule has 3 aromatic rings. The average molecular weight is 443 g/mol. The molecule has 6 heteroatoms. The highest BCUT2D eigenvalue weighted by atomic mass is 32.1. The van der Waals surface area contributed by atoms with Gasteiger partial charge in [0.05, 0.1) is 11.6 Å². The van der Waals surface area contributed by atoms with Crippen LogP contribution in [0.4, 0.5) is 0 Å². The van der Waals surface area contributed by atoms with Crippen LogP contribution in [0.2, 0.25) is 0 Å². The van der Waals surface area contributed by atoms with Gasteiger partial charge in [-0.05, 0) is 49.0 Å². The van der Waals surface area contributed by atoms with Gasteiger partial charge in [0.1, 0.15) is 5.75 Å². The Morgan fingerprint density at radius 3 is 2.03 bits per heavy atom. The minimum Gasteiger partial charge on any atom is -0.423 e. The molecule has 0 fully saturated rings. The van der Waals surface area contributed by atoms with Crippen LogP contribution in [-0.4, -0.2) is 28.8 Å². The van der Waals surface area contributed by atoms with E-state index in [4.69, 9.17) is 17.0 Å². The Morgan fingerprint density at radius 1 is 0.875 bits per heavy atom. The van der Waals surface area contributed by atoms with Crippen LogP contribution in [0, 0.1) is 0 Å². The zero-order valence-electron chi connectivity index (χ0n) is 17.7. The highest BCUT2D eigenvalue weighted by molar-refractivity contribution is 7.80. The molecule has 0 radical (unpaired) electrons. The van der Waals surface area contributed by atoms with E-state index >= 15 is 0 Å². The lowest BCUT2D eigenvalue weighted by Crippen LogP contribution is -2.45. The number of ether oxygens (including phenoxy) is 1. The summed E-state index contributed by atoms with van der Waals surface area (Å²) in [6.45, 7) is 1.90. The van der Waals surface area contributed by atoms with Gasteiger partial charge < -0.3 is 15.0 Å². The van der Waals surface area contributed by atoms with Gasteiger partial charge in [-0.2, -0.15) is 0 Å². The highest BCUT2D eigenvalue weighted by Gasteiger charge is 2.32. The molecule has 1 atom stereocenters. The molecule has 32 heavy (non-hydrogen) atoms. The van der Waals surface area contributed by atoms with Crippen LogP contribution in [0.1, 0.15) is 39.2 Å². The lowest BCUT2D eigenvalue weighted by atomic mass is 9.89. The van der Waals surface area contributed by atoms with Gasteiger partial charge in [0.15, 0.2) is 10.9 Å². The summed E-state index contributed by atoms with van der Waals surface area (Å²) in [6, 6.07) is 24.7. The van der Waals surface area contributed by atoms with Crippen molar-refractivity contribution in [2.24, 2.45) is 0 Å². The number of carbonyl (C=O) groups excluding carboxylic acids is 2. The third-order valence-corrected chi connectivity index (χ3v) is 5.86. The first-order chi connectivity index (χ1) is 15.5. The van der Waals surface area contributed by atoms with Crippen LogP contribution in [0.25, 0.3) is 0 Å². The molecular formula is C26H22N2O3S. The van der Waals surface area contributed by atoms with Crippen LogP contribution < -0.4 is 10.1 Å². The maximum absolute atomic E-state index is 13.4. The van der Waals surface area contributed by atoms with Gasteiger partial charge in [-0.1, -0.05) is 60.7 Å². The van der Waals surface area contributed by atoms with Crippen LogP contribution in [0.5, 0.6) is 5.75 Å². The molecule has 1 unspecified atom stereocenters.